The van der Waals surface area contributed by atoms with Gasteiger partial charge in [-0.2, -0.15) is 0 Å². The zero-order valence-corrected chi connectivity index (χ0v) is 16.3. The zero-order chi connectivity index (χ0) is 16.8. The number of rotatable bonds is 5. The third-order valence-electron chi connectivity index (χ3n) is 6.77. The largest absolute Gasteiger partial charge is 0.354 e. The molecule has 0 aliphatic heterocycles. The number of hydrogen-bond donors (Lipinski definition) is 1. The molecule has 2 atom stereocenters. The molecule has 0 radical (unpaired) electrons. The second-order valence-corrected chi connectivity index (χ2v) is 8.95. The summed E-state index contributed by atoms with van der Waals surface area (Å²) in [6, 6.07) is 11.0. The van der Waals surface area contributed by atoms with Crippen molar-refractivity contribution in [2.75, 3.05) is 27.2 Å². The molecule has 2 unspecified atom stereocenters. The summed E-state index contributed by atoms with van der Waals surface area (Å²) in [5.41, 5.74) is 1.63. The molecule has 4 heteroatoms. The minimum absolute atomic E-state index is 0. The summed E-state index contributed by atoms with van der Waals surface area (Å²) in [6.07, 6.45) is 7.23. The third-order valence-corrected chi connectivity index (χ3v) is 6.77. The number of hydrogen-bond acceptors (Lipinski definition) is 2. The number of carbonyl (C=O) groups is 1. The van der Waals surface area contributed by atoms with Crippen molar-refractivity contribution in [3.8, 4) is 0 Å². The molecule has 1 aromatic rings. The number of halogens is 1. The van der Waals surface area contributed by atoms with Crippen molar-refractivity contribution < 1.29 is 4.79 Å². The Morgan fingerprint density at radius 2 is 1.76 bits per heavy atom. The van der Waals surface area contributed by atoms with Gasteiger partial charge < -0.3 is 10.2 Å². The Bertz CT molecular complexity index is 602. The fourth-order valence-corrected chi connectivity index (χ4v) is 6.24. The molecule has 1 aromatic carbocycles. The number of likely N-dealkylation sites (N-methyl/N-ethyl adjacent to an activating group) is 1. The van der Waals surface area contributed by atoms with E-state index < -0.39 is 0 Å². The van der Waals surface area contributed by atoms with Crippen LogP contribution >= 0.6 is 12.4 Å². The summed E-state index contributed by atoms with van der Waals surface area (Å²) in [5, 5.41) is 3.26. The van der Waals surface area contributed by atoms with Gasteiger partial charge in [0.25, 0.3) is 0 Å². The number of benzene rings is 1. The lowest BCUT2D eigenvalue weighted by Gasteiger charge is -2.61. The van der Waals surface area contributed by atoms with E-state index >= 15 is 0 Å². The number of nitrogens with zero attached hydrogens (tertiary/aromatic N) is 1. The quantitative estimate of drug-likeness (QED) is 0.867. The first-order valence-corrected chi connectivity index (χ1v) is 9.50. The van der Waals surface area contributed by atoms with Crippen LogP contribution in [0.25, 0.3) is 0 Å². The summed E-state index contributed by atoms with van der Waals surface area (Å²) < 4.78 is 0. The Hall–Kier alpha value is -1.06. The Labute approximate surface area is 158 Å². The summed E-state index contributed by atoms with van der Waals surface area (Å²) in [5.74, 6) is 1.82. The SMILES string of the molecule is CN(C)CCNC(=O)C12CC3CC(C1)CC(c1ccccc1)(C3)C2.Cl. The lowest BCUT2D eigenvalue weighted by molar-refractivity contribution is -0.149. The molecule has 0 aromatic heterocycles. The monoisotopic (exact) mass is 362 g/mol. The van der Waals surface area contributed by atoms with E-state index in [2.05, 4.69) is 54.6 Å². The van der Waals surface area contributed by atoms with Crippen LogP contribution in [0.3, 0.4) is 0 Å². The molecule has 0 saturated heterocycles. The van der Waals surface area contributed by atoms with Crippen LogP contribution in [0.1, 0.15) is 44.1 Å². The molecule has 0 heterocycles. The van der Waals surface area contributed by atoms with Crippen molar-refractivity contribution in [1.29, 1.82) is 0 Å². The van der Waals surface area contributed by atoms with Crippen LogP contribution in [0, 0.1) is 17.3 Å². The van der Waals surface area contributed by atoms with Gasteiger partial charge in [-0.25, -0.2) is 0 Å². The summed E-state index contributed by atoms with van der Waals surface area (Å²) >= 11 is 0. The van der Waals surface area contributed by atoms with Crippen LogP contribution in [0.2, 0.25) is 0 Å². The fraction of sp³-hybridized carbons (Fsp3) is 0.667. The second-order valence-electron chi connectivity index (χ2n) is 8.95. The van der Waals surface area contributed by atoms with E-state index in [0.717, 1.165) is 44.2 Å². The summed E-state index contributed by atoms with van der Waals surface area (Å²) in [4.78, 5) is 15.3. The molecule has 1 amide bonds. The van der Waals surface area contributed by atoms with Crippen LogP contribution in [0.5, 0.6) is 0 Å². The molecule has 4 bridgehead atoms. The van der Waals surface area contributed by atoms with E-state index in [1.54, 1.807) is 0 Å². The minimum atomic E-state index is -0.105. The molecule has 0 spiro atoms. The number of carbonyl (C=O) groups excluding carboxylic acids is 1. The van der Waals surface area contributed by atoms with Crippen LogP contribution < -0.4 is 5.32 Å². The average molecular weight is 363 g/mol. The Balaban J connectivity index is 0.00000182. The number of amides is 1. The molecule has 138 valence electrons. The number of nitrogens with one attached hydrogen (secondary N) is 1. The van der Waals surface area contributed by atoms with Crippen molar-refractivity contribution in [2.24, 2.45) is 17.3 Å². The first-order chi connectivity index (χ1) is 11.5. The van der Waals surface area contributed by atoms with Gasteiger partial charge in [0.15, 0.2) is 0 Å². The Kier molecular flexibility index (Phi) is 5.18. The normalized spacial score (nSPS) is 35.5. The van der Waals surface area contributed by atoms with Gasteiger partial charge in [0.2, 0.25) is 5.91 Å². The van der Waals surface area contributed by atoms with E-state index in [0.29, 0.717) is 5.91 Å². The molecule has 3 nitrogen and oxygen atoms in total. The first-order valence-electron chi connectivity index (χ1n) is 9.50. The van der Waals surface area contributed by atoms with Crippen LogP contribution in [-0.4, -0.2) is 38.0 Å². The van der Waals surface area contributed by atoms with E-state index in [9.17, 15) is 4.79 Å². The van der Waals surface area contributed by atoms with Gasteiger partial charge in [-0.3, -0.25) is 4.79 Å². The van der Waals surface area contributed by atoms with Crippen molar-refractivity contribution in [3.63, 3.8) is 0 Å². The molecule has 25 heavy (non-hydrogen) atoms. The fourth-order valence-electron chi connectivity index (χ4n) is 6.24. The molecular weight excluding hydrogens is 332 g/mol. The van der Waals surface area contributed by atoms with Crippen LogP contribution in [0.15, 0.2) is 30.3 Å². The van der Waals surface area contributed by atoms with Crippen molar-refractivity contribution in [1.82, 2.24) is 10.2 Å². The maximum Gasteiger partial charge on any atom is 0.226 e. The van der Waals surface area contributed by atoms with Crippen LogP contribution in [0.4, 0.5) is 0 Å². The topological polar surface area (TPSA) is 32.3 Å². The van der Waals surface area contributed by atoms with E-state index in [4.69, 9.17) is 0 Å². The van der Waals surface area contributed by atoms with Gasteiger partial charge in [-0.1, -0.05) is 30.3 Å². The molecule has 4 saturated carbocycles. The van der Waals surface area contributed by atoms with Gasteiger partial charge >= 0.3 is 0 Å². The first kappa shape index (κ1) is 18.7. The summed E-state index contributed by atoms with van der Waals surface area (Å²) in [7, 11) is 4.11. The van der Waals surface area contributed by atoms with Gasteiger partial charge in [0.05, 0.1) is 5.41 Å². The predicted molar refractivity (Wildman–Crippen MR) is 104 cm³/mol. The lowest BCUT2D eigenvalue weighted by Crippen LogP contribution is -2.59. The third kappa shape index (κ3) is 3.33. The highest BCUT2D eigenvalue weighted by Gasteiger charge is 2.60. The van der Waals surface area contributed by atoms with E-state index in [-0.39, 0.29) is 23.2 Å². The Morgan fingerprint density at radius 3 is 2.36 bits per heavy atom. The van der Waals surface area contributed by atoms with Gasteiger partial charge in [-0.05, 0) is 75.4 Å². The van der Waals surface area contributed by atoms with Crippen molar-refractivity contribution in [3.05, 3.63) is 35.9 Å². The van der Waals surface area contributed by atoms with Gasteiger partial charge in [0.1, 0.15) is 0 Å². The van der Waals surface area contributed by atoms with Crippen LogP contribution in [-0.2, 0) is 10.2 Å². The van der Waals surface area contributed by atoms with Crippen molar-refractivity contribution in [2.45, 2.75) is 43.9 Å². The molecule has 1 N–H and O–H groups in total. The summed E-state index contributed by atoms with van der Waals surface area (Å²) in [6.45, 7) is 1.68. The zero-order valence-electron chi connectivity index (χ0n) is 15.5. The molecular formula is C21H31ClN2O. The minimum Gasteiger partial charge on any atom is -0.354 e. The van der Waals surface area contributed by atoms with Crippen molar-refractivity contribution >= 4 is 18.3 Å². The second kappa shape index (κ2) is 6.92. The molecule has 4 aliphatic rings. The molecule has 5 rings (SSSR count). The smallest absolute Gasteiger partial charge is 0.226 e. The van der Waals surface area contributed by atoms with E-state index in [1.807, 2.05) is 0 Å². The van der Waals surface area contributed by atoms with Gasteiger partial charge in [0, 0.05) is 13.1 Å². The predicted octanol–water partition coefficient (Wildman–Crippen LogP) is 3.62. The standard InChI is InChI=1S/C21H30N2O.ClH/c1-23(2)9-8-22-19(24)21-13-16-10-17(14-21)12-20(11-16,15-21)18-6-4-3-5-7-18;/h3-7,16-17H,8-15H2,1-2H3,(H,22,24);1H. The lowest BCUT2D eigenvalue weighted by atomic mass is 9.42. The highest BCUT2D eigenvalue weighted by atomic mass is 35.5. The molecule has 4 aliphatic carbocycles. The molecule has 4 fully saturated rings. The highest BCUT2D eigenvalue weighted by molar-refractivity contribution is 5.85. The maximum atomic E-state index is 13.1. The van der Waals surface area contributed by atoms with Gasteiger partial charge in [-0.15, -0.1) is 12.4 Å². The van der Waals surface area contributed by atoms with E-state index in [1.165, 1.54) is 24.8 Å². The maximum absolute atomic E-state index is 13.1. The average Bonchev–Trinajstić information content (AvgIpc) is 2.54. The highest BCUT2D eigenvalue weighted by Crippen LogP contribution is 2.65. The Morgan fingerprint density at radius 1 is 1.12 bits per heavy atom.